The quantitative estimate of drug-likeness (QED) is 0.508. The summed E-state index contributed by atoms with van der Waals surface area (Å²) in [7, 11) is 3.11. The number of ether oxygens (including phenoxy) is 4. The largest absolute Gasteiger partial charge is 0.493 e. The number of halogens is 1. The highest BCUT2D eigenvalue weighted by Crippen LogP contribution is 2.28. The van der Waals surface area contributed by atoms with Gasteiger partial charge in [0.2, 0.25) is 0 Å². The minimum atomic E-state index is -1.27. The number of benzene rings is 2. The van der Waals surface area contributed by atoms with Gasteiger partial charge in [0, 0.05) is 18.1 Å². The normalized spacial score (nSPS) is 10.9. The van der Waals surface area contributed by atoms with E-state index in [4.69, 9.17) is 30.5 Å². The molecule has 2 rings (SSSR count). The van der Waals surface area contributed by atoms with Gasteiger partial charge in [0.15, 0.2) is 23.7 Å². The van der Waals surface area contributed by atoms with Crippen LogP contribution in [0.15, 0.2) is 42.5 Å². The van der Waals surface area contributed by atoms with Crippen molar-refractivity contribution in [3.8, 4) is 17.2 Å². The summed E-state index contributed by atoms with van der Waals surface area (Å²) in [5, 5.41) is 0.562. The summed E-state index contributed by atoms with van der Waals surface area (Å²) in [5.41, 5.74) is -0.403. The Hall–Kier alpha value is -2.93. The van der Waals surface area contributed by atoms with Crippen molar-refractivity contribution in [1.82, 2.24) is 4.90 Å². The summed E-state index contributed by atoms with van der Waals surface area (Å²) in [6.07, 6.45) is 0. The number of hydrogen-bond donors (Lipinski definition) is 0. The van der Waals surface area contributed by atoms with Crippen LogP contribution in [0.4, 0.5) is 0 Å². The maximum Gasteiger partial charge on any atom is 0.350 e. The molecule has 0 aliphatic carbocycles. The van der Waals surface area contributed by atoms with E-state index in [1.165, 1.54) is 0 Å². The molecule has 0 saturated heterocycles. The van der Waals surface area contributed by atoms with Crippen molar-refractivity contribution >= 4 is 23.5 Å². The summed E-state index contributed by atoms with van der Waals surface area (Å²) < 4.78 is 21.5. The fraction of sp³-hybridized carbons (Fsp3) is 0.391. The van der Waals surface area contributed by atoms with Gasteiger partial charge in [0.05, 0.1) is 14.2 Å². The van der Waals surface area contributed by atoms with Gasteiger partial charge in [-0.15, -0.1) is 0 Å². The van der Waals surface area contributed by atoms with E-state index >= 15 is 0 Å². The first-order valence-electron chi connectivity index (χ1n) is 9.80. The number of amides is 1. The number of nitrogens with zero attached hydrogens (tertiary/aromatic N) is 1. The zero-order valence-corrected chi connectivity index (χ0v) is 19.2. The second-order valence-electron chi connectivity index (χ2n) is 7.24. The van der Waals surface area contributed by atoms with Gasteiger partial charge in [-0.2, -0.15) is 0 Å². The van der Waals surface area contributed by atoms with E-state index in [0.717, 1.165) is 5.56 Å². The minimum absolute atomic E-state index is 0.312. The number of hydrogen-bond acceptors (Lipinski definition) is 6. The number of rotatable bonds is 10. The Morgan fingerprint density at radius 1 is 1.00 bits per heavy atom. The molecule has 0 bridgehead atoms. The molecule has 0 heterocycles. The summed E-state index contributed by atoms with van der Waals surface area (Å²) >= 11 is 5.86. The third-order valence-corrected chi connectivity index (χ3v) is 4.81. The molecule has 168 valence electrons. The van der Waals surface area contributed by atoms with E-state index in [2.05, 4.69) is 0 Å². The molecule has 0 aliphatic heterocycles. The maximum absolute atomic E-state index is 12.6. The van der Waals surface area contributed by atoms with Crippen LogP contribution in [0.3, 0.4) is 0 Å². The van der Waals surface area contributed by atoms with Gasteiger partial charge in [0.1, 0.15) is 5.75 Å². The highest BCUT2D eigenvalue weighted by Gasteiger charge is 2.32. The second kappa shape index (κ2) is 10.9. The summed E-state index contributed by atoms with van der Waals surface area (Å²) in [5.74, 6) is 0.709. The molecule has 0 aromatic heterocycles. The Morgan fingerprint density at radius 2 is 1.65 bits per heavy atom. The molecular weight excluding hydrogens is 422 g/mol. The molecule has 2 aromatic carbocycles. The third-order valence-electron chi connectivity index (χ3n) is 4.56. The standard InChI is InChI=1S/C23H28ClNO6/c1-6-25(14-16-7-12-19(28-4)20(13-16)29-5)21(26)15-30-22(27)23(2,3)31-18-10-8-17(24)9-11-18/h7-13H,6,14-15H2,1-5H3. The Labute approximate surface area is 187 Å². The SMILES string of the molecule is CCN(Cc1ccc(OC)c(OC)c1)C(=O)COC(=O)C(C)(C)Oc1ccc(Cl)cc1. The van der Waals surface area contributed by atoms with Crippen LogP contribution in [0, 0.1) is 0 Å². The van der Waals surface area contributed by atoms with Crippen LogP contribution in [0.1, 0.15) is 26.3 Å². The lowest BCUT2D eigenvalue weighted by Gasteiger charge is -2.26. The first-order chi connectivity index (χ1) is 14.7. The van der Waals surface area contributed by atoms with Crippen molar-refractivity contribution < 1.29 is 28.5 Å². The highest BCUT2D eigenvalue weighted by molar-refractivity contribution is 6.30. The molecule has 0 unspecified atom stereocenters. The van der Waals surface area contributed by atoms with Crippen molar-refractivity contribution in [2.75, 3.05) is 27.4 Å². The summed E-state index contributed by atoms with van der Waals surface area (Å²) in [6.45, 7) is 5.43. The molecule has 7 nitrogen and oxygen atoms in total. The van der Waals surface area contributed by atoms with E-state index in [1.807, 2.05) is 19.1 Å². The molecule has 0 spiro atoms. The average Bonchev–Trinajstić information content (AvgIpc) is 2.76. The number of carbonyl (C=O) groups is 2. The van der Waals surface area contributed by atoms with Crippen LogP contribution < -0.4 is 14.2 Å². The van der Waals surface area contributed by atoms with Gasteiger partial charge in [-0.1, -0.05) is 17.7 Å². The van der Waals surface area contributed by atoms with Crippen molar-refractivity contribution in [2.45, 2.75) is 32.9 Å². The molecule has 0 aliphatic rings. The molecule has 31 heavy (non-hydrogen) atoms. The van der Waals surface area contributed by atoms with Gasteiger partial charge in [-0.05, 0) is 62.7 Å². The molecule has 0 saturated carbocycles. The molecule has 0 radical (unpaired) electrons. The van der Waals surface area contributed by atoms with Crippen LogP contribution in [0.2, 0.25) is 5.02 Å². The number of esters is 1. The molecule has 0 fully saturated rings. The molecule has 8 heteroatoms. The number of methoxy groups -OCH3 is 2. The van der Waals surface area contributed by atoms with Crippen LogP contribution in [0.25, 0.3) is 0 Å². The first-order valence-corrected chi connectivity index (χ1v) is 10.2. The van der Waals surface area contributed by atoms with Crippen LogP contribution in [-0.4, -0.2) is 49.7 Å². The van der Waals surface area contributed by atoms with Crippen molar-refractivity contribution in [1.29, 1.82) is 0 Å². The minimum Gasteiger partial charge on any atom is -0.493 e. The maximum atomic E-state index is 12.6. The van der Waals surface area contributed by atoms with Gasteiger partial charge in [-0.3, -0.25) is 4.79 Å². The van der Waals surface area contributed by atoms with E-state index in [9.17, 15) is 9.59 Å². The molecular formula is C23H28ClNO6. The monoisotopic (exact) mass is 449 g/mol. The van der Waals surface area contributed by atoms with E-state index in [-0.39, 0.29) is 12.5 Å². The fourth-order valence-electron chi connectivity index (χ4n) is 2.81. The van der Waals surface area contributed by atoms with Gasteiger partial charge in [0.25, 0.3) is 5.91 Å². The van der Waals surface area contributed by atoms with E-state index in [1.54, 1.807) is 63.3 Å². The predicted octanol–water partition coefficient (Wildman–Crippen LogP) is 4.11. The third kappa shape index (κ3) is 6.79. The molecule has 0 N–H and O–H groups in total. The van der Waals surface area contributed by atoms with Crippen LogP contribution in [-0.2, 0) is 20.9 Å². The zero-order valence-electron chi connectivity index (χ0n) is 18.4. The lowest BCUT2D eigenvalue weighted by molar-refractivity contribution is -0.164. The van der Waals surface area contributed by atoms with Gasteiger partial charge in [-0.25, -0.2) is 4.79 Å². The van der Waals surface area contributed by atoms with Crippen LogP contribution >= 0.6 is 11.6 Å². The number of likely N-dealkylation sites (N-methyl/N-ethyl adjacent to an activating group) is 1. The molecule has 0 atom stereocenters. The lowest BCUT2D eigenvalue weighted by Crippen LogP contribution is -2.42. The average molecular weight is 450 g/mol. The zero-order chi connectivity index (χ0) is 23.0. The topological polar surface area (TPSA) is 74.3 Å². The Kier molecular flexibility index (Phi) is 8.56. The smallest absolute Gasteiger partial charge is 0.350 e. The summed E-state index contributed by atoms with van der Waals surface area (Å²) in [6, 6.07) is 12.1. The predicted molar refractivity (Wildman–Crippen MR) is 118 cm³/mol. The molecule has 1 amide bonds. The van der Waals surface area contributed by atoms with Crippen molar-refractivity contribution in [3.63, 3.8) is 0 Å². The van der Waals surface area contributed by atoms with E-state index < -0.39 is 11.6 Å². The Morgan fingerprint density at radius 3 is 2.23 bits per heavy atom. The van der Waals surface area contributed by atoms with Gasteiger partial charge >= 0.3 is 5.97 Å². The van der Waals surface area contributed by atoms with Crippen molar-refractivity contribution in [2.24, 2.45) is 0 Å². The lowest BCUT2D eigenvalue weighted by atomic mass is 10.1. The summed E-state index contributed by atoms with van der Waals surface area (Å²) in [4.78, 5) is 26.7. The Balaban J connectivity index is 1.95. The Bertz CT molecular complexity index is 897. The second-order valence-corrected chi connectivity index (χ2v) is 7.68. The van der Waals surface area contributed by atoms with Gasteiger partial charge < -0.3 is 23.8 Å². The van der Waals surface area contributed by atoms with Crippen molar-refractivity contribution in [3.05, 3.63) is 53.1 Å². The van der Waals surface area contributed by atoms with Crippen LogP contribution in [0.5, 0.6) is 17.2 Å². The highest BCUT2D eigenvalue weighted by atomic mass is 35.5. The van der Waals surface area contributed by atoms with E-state index in [0.29, 0.717) is 35.4 Å². The first kappa shape index (κ1) is 24.3. The fourth-order valence-corrected chi connectivity index (χ4v) is 2.93. The number of carbonyl (C=O) groups excluding carboxylic acids is 2. The molecule has 2 aromatic rings.